The fraction of sp³-hybridized carbons (Fsp3) is 0.100. The van der Waals surface area contributed by atoms with Crippen LogP contribution in [0.25, 0.3) is 0 Å². The molecule has 4 heteroatoms. The first kappa shape index (κ1) is 11.7. The normalized spacial score (nSPS) is 11.2. The number of allylic oxidation sites excluding steroid dienone is 1. The Morgan fingerprint density at radius 1 is 1.43 bits per heavy atom. The van der Waals surface area contributed by atoms with E-state index in [1.165, 1.54) is 0 Å². The summed E-state index contributed by atoms with van der Waals surface area (Å²) in [5, 5.41) is 2.76. The fourth-order valence-corrected chi connectivity index (χ4v) is 1.31. The van der Waals surface area contributed by atoms with Gasteiger partial charge in [0, 0.05) is 9.26 Å². The number of carbonyl (C=O) groups excluding carboxylic acids is 1. The molecule has 0 aliphatic carbocycles. The highest BCUT2D eigenvalue weighted by atomic mass is 127. The van der Waals surface area contributed by atoms with Crippen LogP contribution in [0.4, 0.5) is 5.69 Å². The fourth-order valence-electron chi connectivity index (χ4n) is 0.855. The highest BCUT2D eigenvalue weighted by Crippen LogP contribution is 2.13. The summed E-state index contributed by atoms with van der Waals surface area (Å²) >= 11 is 5.38. The summed E-state index contributed by atoms with van der Waals surface area (Å²) in [6, 6.07) is 7.63. The molecule has 0 saturated heterocycles. The highest BCUT2D eigenvalue weighted by molar-refractivity contribution is 14.1. The van der Waals surface area contributed by atoms with Crippen molar-refractivity contribution >= 4 is 50.1 Å². The predicted molar refractivity (Wildman–Crippen MR) is 70.5 cm³/mol. The van der Waals surface area contributed by atoms with E-state index in [4.69, 9.17) is 0 Å². The number of carbonyl (C=O) groups is 1. The molecule has 1 amide bonds. The van der Waals surface area contributed by atoms with Crippen LogP contribution in [-0.4, -0.2) is 5.91 Å². The Kier molecular flexibility index (Phi) is 4.60. The van der Waals surface area contributed by atoms with E-state index in [1.54, 1.807) is 13.0 Å². The van der Waals surface area contributed by atoms with E-state index in [-0.39, 0.29) is 5.91 Å². The van der Waals surface area contributed by atoms with E-state index in [0.29, 0.717) is 4.48 Å². The molecule has 0 spiro atoms. The van der Waals surface area contributed by atoms with E-state index < -0.39 is 0 Å². The van der Waals surface area contributed by atoms with Gasteiger partial charge in [-0.3, -0.25) is 4.79 Å². The third kappa shape index (κ3) is 3.42. The summed E-state index contributed by atoms with van der Waals surface area (Å²) in [7, 11) is 0. The predicted octanol–water partition coefficient (Wildman–Crippen LogP) is 3.53. The Bertz CT molecular complexity index is 359. The maximum absolute atomic E-state index is 11.4. The second-order valence-corrected chi connectivity index (χ2v) is 4.70. The van der Waals surface area contributed by atoms with Crippen LogP contribution in [0.5, 0.6) is 0 Å². The number of anilines is 1. The molecule has 2 nitrogen and oxygen atoms in total. The number of halogens is 2. The Hall–Kier alpha value is -0.360. The van der Waals surface area contributed by atoms with Gasteiger partial charge in [-0.05, 0) is 69.7 Å². The molecule has 0 unspecified atom stereocenters. The molecule has 1 rings (SSSR count). The van der Waals surface area contributed by atoms with Crippen LogP contribution in [-0.2, 0) is 4.79 Å². The Balaban J connectivity index is 2.70. The molecule has 74 valence electrons. The molecule has 0 saturated carbocycles. The average molecular weight is 366 g/mol. The maximum Gasteiger partial charge on any atom is 0.262 e. The molecule has 0 atom stereocenters. The van der Waals surface area contributed by atoms with Crippen molar-refractivity contribution in [1.29, 1.82) is 0 Å². The third-order valence-corrected chi connectivity index (χ3v) is 3.11. The molecule has 0 aliphatic rings. The molecule has 0 bridgehead atoms. The lowest BCUT2D eigenvalue weighted by molar-refractivity contribution is -0.112. The average Bonchev–Trinajstić information content (AvgIpc) is 2.20. The van der Waals surface area contributed by atoms with Gasteiger partial charge in [0.1, 0.15) is 0 Å². The Morgan fingerprint density at radius 2 is 2.00 bits per heavy atom. The number of nitrogens with one attached hydrogen (secondary N) is 1. The summed E-state index contributed by atoms with van der Waals surface area (Å²) in [6.45, 7) is 1.80. The van der Waals surface area contributed by atoms with Gasteiger partial charge in [-0.25, -0.2) is 0 Å². The molecule has 0 aromatic heterocycles. The molecule has 1 aromatic rings. The smallest absolute Gasteiger partial charge is 0.262 e. The number of hydrogen-bond acceptors (Lipinski definition) is 1. The zero-order valence-corrected chi connectivity index (χ0v) is 11.3. The SMILES string of the molecule is CC=C(Br)C(=O)Nc1ccc(I)cc1. The van der Waals surface area contributed by atoms with Crippen LogP contribution in [0.1, 0.15) is 6.92 Å². The van der Waals surface area contributed by atoms with Gasteiger partial charge in [-0.1, -0.05) is 6.08 Å². The van der Waals surface area contributed by atoms with Gasteiger partial charge >= 0.3 is 0 Å². The minimum atomic E-state index is -0.131. The van der Waals surface area contributed by atoms with Crippen molar-refractivity contribution in [1.82, 2.24) is 0 Å². The lowest BCUT2D eigenvalue weighted by Crippen LogP contribution is -2.10. The van der Waals surface area contributed by atoms with Gasteiger partial charge < -0.3 is 5.32 Å². The third-order valence-electron chi connectivity index (χ3n) is 1.57. The molecular formula is C10H9BrINO. The van der Waals surface area contributed by atoms with Crippen molar-refractivity contribution < 1.29 is 4.79 Å². The van der Waals surface area contributed by atoms with Gasteiger partial charge in [0.15, 0.2) is 0 Å². The first-order valence-corrected chi connectivity index (χ1v) is 5.89. The van der Waals surface area contributed by atoms with Crippen LogP contribution in [0.15, 0.2) is 34.8 Å². The zero-order chi connectivity index (χ0) is 10.6. The summed E-state index contributed by atoms with van der Waals surface area (Å²) in [5.41, 5.74) is 0.800. The van der Waals surface area contributed by atoms with E-state index in [0.717, 1.165) is 9.26 Å². The van der Waals surface area contributed by atoms with E-state index in [9.17, 15) is 4.79 Å². The number of hydrogen-bond donors (Lipinski definition) is 1. The number of rotatable bonds is 2. The lowest BCUT2D eigenvalue weighted by atomic mass is 10.3. The summed E-state index contributed by atoms with van der Waals surface area (Å²) in [5.74, 6) is -0.131. The Morgan fingerprint density at radius 3 is 2.50 bits per heavy atom. The largest absolute Gasteiger partial charge is 0.322 e. The summed E-state index contributed by atoms with van der Waals surface area (Å²) in [4.78, 5) is 11.4. The number of benzene rings is 1. The molecule has 0 fully saturated rings. The van der Waals surface area contributed by atoms with E-state index >= 15 is 0 Å². The summed E-state index contributed by atoms with van der Waals surface area (Å²) in [6.07, 6.45) is 1.71. The molecule has 1 N–H and O–H groups in total. The monoisotopic (exact) mass is 365 g/mol. The van der Waals surface area contributed by atoms with Gasteiger partial charge in [0.2, 0.25) is 0 Å². The minimum Gasteiger partial charge on any atom is -0.322 e. The van der Waals surface area contributed by atoms with Gasteiger partial charge in [0.25, 0.3) is 5.91 Å². The zero-order valence-electron chi connectivity index (χ0n) is 7.55. The van der Waals surface area contributed by atoms with E-state index in [1.807, 2.05) is 24.3 Å². The first-order valence-electron chi connectivity index (χ1n) is 4.02. The molecular weight excluding hydrogens is 357 g/mol. The topological polar surface area (TPSA) is 29.1 Å². The summed E-state index contributed by atoms with van der Waals surface area (Å²) < 4.78 is 1.68. The first-order chi connectivity index (χ1) is 6.63. The molecule has 14 heavy (non-hydrogen) atoms. The second kappa shape index (κ2) is 5.50. The molecule has 1 aromatic carbocycles. The van der Waals surface area contributed by atoms with Crippen LogP contribution < -0.4 is 5.32 Å². The van der Waals surface area contributed by atoms with Crippen molar-refractivity contribution in [2.45, 2.75) is 6.92 Å². The number of amides is 1. The quantitative estimate of drug-likeness (QED) is 0.630. The van der Waals surface area contributed by atoms with Crippen molar-refractivity contribution in [3.63, 3.8) is 0 Å². The van der Waals surface area contributed by atoms with Crippen LogP contribution >= 0.6 is 38.5 Å². The maximum atomic E-state index is 11.4. The van der Waals surface area contributed by atoms with Crippen molar-refractivity contribution in [2.75, 3.05) is 5.32 Å². The Labute approximate surface area is 105 Å². The van der Waals surface area contributed by atoms with Crippen molar-refractivity contribution in [3.05, 3.63) is 38.4 Å². The van der Waals surface area contributed by atoms with Crippen LogP contribution in [0.2, 0.25) is 0 Å². The van der Waals surface area contributed by atoms with E-state index in [2.05, 4.69) is 43.8 Å². The second-order valence-electron chi connectivity index (χ2n) is 2.60. The van der Waals surface area contributed by atoms with Crippen LogP contribution in [0.3, 0.4) is 0 Å². The highest BCUT2D eigenvalue weighted by Gasteiger charge is 2.04. The minimum absolute atomic E-state index is 0.131. The standard InChI is InChI=1S/C10H9BrINO/c1-2-9(11)10(14)13-8-5-3-7(12)4-6-8/h2-6H,1H3,(H,13,14). The van der Waals surface area contributed by atoms with Gasteiger partial charge in [-0.15, -0.1) is 0 Å². The van der Waals surface area contributed by atoms with Gasteiger partial charge in [0.05, 0.1) is 4.48 Å². The van der Waals surface area contributed by atoms with Crippen molar-refractivity contribution in [3.8, 4) is 0 Å². The van der Waals surface area contributed by atoms with Crippen molar-refractivity contribution in [2.24, 2.45) is 0 Å². The van der Waals surface area contributed by atoms with Crippen LogP contribution in [0, 0.1) is 3.57 Å². The van der Waals surface area contributed by atoms with Gasteiger partial charge in [-0.2, -0.15) is 0 Å². The molecule has 0 heterocycles. The lowest BCUT2D eigenvalue weighted by Gasteiger charge is -2.03. The molecule has 0 aliphatic heterocycles. The molecule has 0 radical (unpaired) electrons.